The Labute approximate surface area is 334 Å². The van der Waals surface area contributed by atoms with Gasteiger partial charge in [-0.15, -0.1) is 12.3 Å². The van der Waals surface area contributed by atoms with Crippen molar-refractivity contribution in [3.8, 4) is 18.1 Å². The third-order valence-electron chi connectivity index (χ3n) is 13.6. The van der Waals surface area contributed by atoms with E-state index in [0.717, 1.165) is 57.8 Å². The molecule has 53 heavy (non-hydrogen) atoms. The van der Waals surface area contributed by atoms with E-state index in [-0.39, 0.29) is 11.6 Å². The van der Waals surface area contributed by atoms with E-state index in [1.54, 1.807) is 19.1 Å². The number of phenolic OH excluding ortho intramolecular Hbond substituents is 1. The van der Waals surface area contributed by atoms with Crippen molar-refractivity contribution in [2.45, 2.75) is 162 Å². The topological polar surface area (TPSA) is 33.4 Å². The zero-order chi connectivity index (χ0) is 37.9. The molecule has 4 aliphatic rings. The van der Waals surface area contributed by atoms with Gasteiger partial charge in [0.25, 0.3) is 0 Å². The highest BCUT2D eigenvalue weighted by Crippen LogP contribution is 2.46. The molecule has 2 nitrogen and oxygen atoms in total. The van der Waals surface area contributed by atoms with Crippen LogP contribution in [0.4, 0.5) is 8.78 Å². The van der Waals surface area contributed by atoms with Crippen molar-refractivity contribution in [3.05, 3.63) is 62.4 Å². The van der Waals surface area contributed by atoms with E-state index in [9.17, 15) is 8.78 Å². The molecule has 0 aliphatic heterocycles. The summed E-state index contributed by atoms with van der Waals surface area (Å²) in [6.45, 7) is 8.37. The zero-order valence-corrected chi connectivity index (χ0v) is 35.4. The Morgan fingerprint density at radius 3 is 1.58 bits per heavy atom. The van der Waals surface area contributed by atoms with Crippen LogP contribution in [0.25, 0.3) is 11.0 Å². The van der Waals surface area contributed by atoms with Crippen molar-refractivity contribution >= 4 is 33.6 Å². The molecule has 4 aliphatic carbocycles. The van der Waals surface area contributed by atoms with Crippen LogP contribution in [0.15, 0.2) is 34.7 Å². The minimum Gasteiger partial charge on any atom is -0.504 e. The number of aryl methyl sites for hydroxylation is 2. The van der Waals surface area contributed by atoms with E-state index < -0.39 is 5.82 Å². The average molecular weight is 841 g/mol. The minimum absolute atomic E-state index is 0.219. The summed E-state index contributed by atoms with van der Waals surface area (Å²) >= 11 is 1.89. The summed E-state index contributed by atoms with van der Waals surface area (Å²) in [5.74, 6) is 10.00. The lowest BCUT2D eigenvalue weighted by atomic mass is 9.68. The summed E-state index contributed by atoms with van der Waals surface area (Å²) < 4.78 is 33.2. The molecule has 0 saturated heterocycles. The molecule has 0 bridgehead atoms. The molecule has 0 atom stereocenters. The molecule has 1 heterocycles. The fourth-order valence-corrected chi connectivity index (χ4v) is 11.3. The Bertz CT molecular complexity index is 1570. The molecule has 1 aromatic heterocycles. The van der Waals surface area contributed by atoms with Crippen molar-refractivity contribution < 1.29 is 18.3 Å². The van der Waals surface area contributed by atoms with Crippen molar-refractivity contribution in [1.82, 2.24) is 0 Å². The molecular formula is C48H67F2IO2. The second kappa shape index (κ2) is 20.7. The van der Waals surface area contributed by atoms with Crippen molar-refractivity contribution in [1.29, 1.82) is 0 Å². The summed E-state index contributed by atoms with van der Waals surface area (Å²) in [4.78, 5) is 0. The van der Waals surface area contributed by atoms with Gasteiger partial charge in [0.15, 0.2) is 23.0 Å². The van der Waals surface area contributed by atoms with Crippen molar-refractivity contribution in [2.24, 2.45) is 41.4 Å². The van der Waals surface area contributed by atoms with Gasteiger partial charge in [0.2, 0.25) is 0 Å². The number of phenols is 1. The molecular weight excluding hydrogens is 773 g/mol. The molecule has 0 amide bonds. The lowest BCUT2D eigenvalue weighted by molar-refractivity contribution is 0.153. The van der Waals surface area contributed by atoms with Gasteiger partial charge < -0.3 is 9.52 Å². The maximum atomic E-state index is 14.1. The van der Waals surface area contributed by atoms with Gasteiger partial charge in [0, 0.05) is 17.2 Å². The van der Waals surface area contributed by atoms with Crippen LogP contribution in [0.3, 0.4) is 0 Å². The maximum absolute atomic E-state index is 14.1. The lowest BCUT2D eigenvalue weighted by Gasteiger charge is -2.37. The van der Waals surface area contributed by atoms with E-state index >= 15 is 0 Å². The third kappa shape index (κ3) is 12.0. The Balaban J connectivity index is 0.000000172. The quantitative estimate of drug-likeness (QED) is 0.190. The van der Waals surface area contributed by atoms with E-state index in [4.69, 9.17) is 15.9 Å². The first-order valence-corrected chi connectivity index (χ1v) is 22.5. The van der Waals surface area contributed by atoms with Crippen molar-refractivity contribution in [3.63, 3.8) is 0 Å². The van der Waals surface area contributed by atoms with Gasteiger partial charge in [0.05, 0.1) is 3.57 Å². The monoisotopic (exact) mass is 840 g/mol. The van der Waals surface area contributed by atoms with E-state index in [0.29, 0.717) is 21.0 Å². The molecule has 7 rings (SSSR count). The van der Waals surface area contributed by atoms with E-state index in [2.05, 4.69) is 25.8 Å². The summed E-state index contributed by atoms with van der Waals surface area (Å²) in [5, 5.41) is 9.87. The number of furan rings is 1. The summed E-state index contributed by atoms with van der Waals surface area (Å²) in [7, 11) is 0. The first-order chi connectivity index (χ1) is 25.6. The molecule has 1 N–H and O–H groups in total. The SMILES string of the molecule is C#CC1CCC(C2CCC(CCC)CC2)CC1.CCCC1CCC(C2CCC(c3cc4cc(C)cc(F)c4o3)CC2)CC1.Cc1cc(F)c(O)c(I)c1. The third-order valence-corrected chi connectivity index (χ3v) is 14.4. The summed E-state index contributed by atoms with van der Waals surface area (Å²) in [5.41, 5.74) is 2.23. The smallest absolute Gasteiger partial charge is 0.169 e. The number of fused-ring (bicyclic) bond motifs is 1. The molecule has 4 saturated carbocycles. The van der Waals surface area contributed by atoms with E-state index in [1.165, 1.54) is 134 Å². The second-order valence-electron chi connectivity index (χ2n) is 17.4. The van der Waals surface area contributed by atoms with Crippen LogP contribution < -0.4 is 0 Å². The molecule has 0 unspecified atom stereocenters. The van der Waals surface area contributed by atoms with Crippen LogP contribution in [-0.4, -0.2) is 5.11 Å². The zero-order valence-electron chi connectivity index (χ0n) is 33.2. The van der Waals surface area contributed by atoms with Gasteiger partial charge in [-0.1, -0.05) is 65.2 Å². The highest BCUT2D eigenvalue weighted by Gasteiger charge is 2.33. The van der Waals surface area contributed by atoms with Gasteiger partial charge >= 0.3 is 0 Å². The molecule has 0 spiro atoms. The number of rotatable bonds is 7. The highest BCUT2D eigenvalue weighted by atomic mass is 127. The van der Waals surface area contributed by atoms with Crippen molar-refractivity contribution in [2.75, 3.05) is 0 Å². The molecule has 2 aromatic carbocycles. The summed E-state index contributed by atoms with van der Waals surface area (Å²) in [6, 6.07) is 8.72. The Morgan fingerprint density at radius 1 is 0.660 bits per heavy atom. The van der Waals surface area contributed by atoms with Gasteiger partial charge in [-0.3, -0.25) is 0 Å². The normalized spacial score (nSPS) is 28.9. The molecule has 4 fully saturated rings. The van der Waals surface area contributed by atoms with E-state index in [1.807, 2.05) is 35.6 Å². The number of hydrogen-bond donors (Lipinski definition) is 1. The first kappa shape index (κ1) is 42.1. The number of halogens is 3. The fraction of sp³-hybridized carbons (Fsp3) is 0.667. The van der Waals surface area contributed by atoms with Crippen LogP contribution in [0, 0.1) is 82.8 Å². The number of benzene rings is 2. The minimum atomic E-state index is -0.551. The van der Waals surface area contributed by atoms with Crippen LogP contribution in [0.1, 0.15) is 165 Å². The maximum Gasteiger partial charge on any atom is 0.169 e. The predicted molar refractivity (Wildman–Crippen MR) is 226 cm³/mol. The van der Waals surface area contributed by atoms with Crippen LogP contribution in [0.2, 0.25) is 0 Å². The first-order valence-electron chi connectivity index (χ1n) is 21.4. The Morgan fingerprint density at radius 2 is 1.11 bits per heavy atom. The number of hydrogen-bond acceptors (Lipinski definition) is 2. The van der Waals surface area contributed by atoms with Crippen LogP contribution >= 0.6 is 22.6 Å². The lowest BCUT2D eigenvalue weighted by Crippen LogP contribution is -2.25. The Kier molecular flexibility index (Phi) is 16.5. The molecule has 3 aromatic rings. The second-order valence-corrected chi connectivity index (χ2v) is 18.6. The molecule has 292 valence electrons. The number of terminal acetylenes is 1. The molecule has 5 heteroatoms. The van der Waals surface area contributed by atoms with Crippen LogP contribution in [0.5, 0.6) is 5.75 Å². The summed E-state index contributed by atoms with van der Waals surface area (Å²) in [6.07, 6.45) is 33.5. The highest BCUT2D eigenvalue weighted by molar-refractivity contribution is 14.1. The van der Waals surface area contributed by atoms with Gasteiger partial charge in [-0.25, -0.2) is 8.78 Å². The van der Waals surface area contributed by atoms with Gasteiger partial charge in [0.1, 0.15) is 5.76 Å². The molecule has 0 radical (unpaired) electrons. The average Bonchev–Trinajstić information content (AvgIpc) is 3.60. The van der Waals surface area contributed by atoms with Gasteiger partial charge in [-0.05, 0) is 190 Å². The fourth-order valence-electron chi connectivity index (χ4n) is 10.5. The standard InChI is InChI=1S/C24H33FO.C17H28.C7H6FIO/c1-3-4-17-5-7-18(8-6-17)19-9-11-20(12-10-19)23-15-21-13-16(2)14-22(25)24(21)26-23;1-3-5-15-8-12-17(13-9-15)16-10-6-14(4-2)7-11-16;1-4-2-5(8)7(10)6(9)3-4/h13-15,17-20H,3-12H2,1-2H3;2,14-17H,3,5-13H2,1H3;2-3,10H,1H3. The largest absolute Gasteiger partial charge is 0.504 e. The Hall–Kier alpha value is -2.07. The number of aromatic hydroxyl groups is 1. The van der Waals surface area contributed by atoms with Gasteiger partial charge in [-0.2, -0.15) is 0 Å². The predicted octanol–water partition coefficient (Wildman–Crippen LogP) is 15.2. The van der Waals surface area contributed by atoms with Crippen LogP contribution in [-0.2, 0) is 0 Å².